The molecule has 0 spiro atoms. The smallest absolute Gasteiger partial charge is 0.128 e. The number of hydrogen-bond acceptors (Lipinski definition) is 2. The molecule has 1 aromatic carbocycles. The van der Waals surface area contributed by atoms with Gasteiger partial charge in [-0.25, -0.2) is 4.39 Å². The minimum absolute atomic E-state index is 0.132. The fourth-order valence-electron chi connectivity index (χ4n) is 2.24. The van der Waals surface area contributed by atoms with Gasteiger partial charge in [-0.3, -0.25) is 0 Å². The van der Waals surface area contributed by atoms with Crippen molar-refractivity contribution >= 4 is 17.3 Å². The molecule has 0 saturated carbocycles. The van der Waals surface area contributed by atoms with E-state index >= 15 is 0 Å². The molecule has 0 bridgehead atoms. The van der Waals surface area contributed by atoms with Gasteiger partial charge in [0.1, 0.15) is 5.82 Å². The monoisotopic (exact) mass is 256 g/mol. The van der Waals surface area contributed by atoms with E-state index in [1.165, 1.54) is 6.07 Å². The quantitative estimate of drug-likeness (QED) is 0.848. The lowest BCUT2D eigenvalue weighted by Gasteiger charge is -2.18. The van der Waals surface area contributed by atoms with E-state index < -0.39 is 0 Å². The second kappa shape index (κ2) is 4.46. The first-order valence-corrected chi connectivity index (χ1v) is 6.22. The van der Waals surface area contributed by atoms with Crippen LogP contribution in [0.3, 0.4) is 0 Å². The molecule has 1 fully saturated rings. The number of halogens is 2. The lowest BCUT2D eigenvalue weighted by atomic mass is 10.0. The molecule has 1 heterocycles. The molecule has 0 aromatic heterocycles. The van der Waals surface area contributed by atoms with Crippen LogP contribution in [0.2, 0.25) is 5.02 Å². The zero-order chi connectivity index (χ0) is 12.6. The second-order valence-electron chi connectivity index (χ2n) is 5.39. The molecular weight excluding hydrogens is 239 g/mol. The molecule has 94 valence electrons. The van der Waals surface area contributed by atoms with Gasteiger partial charge in [-0.1, -0.05) is 11.6 Å². The summed E-state index contributed by atoms with van der Waals surface area (Å²) >= 11 is 6.10. The highest BCUT2D eigenvalue weighted by atomic mass is 35.5. The van der Waals surface area contributed by atoms with Crippen LogP contribution in [0.5, 0.6) is 0 Å². The normalized spacial score (nSPS) is 22.8. The molecule has 2 rings (SSSR count). The zero-order valence-corrected chi connectivity index (χ0v) is 11.2. The van der Waals surface area contributed by atoms with Crippen molar-refractivity contribution in [3.05, 3.63) is 28.5 Å². The van der Waals surface area contributed by atoms with Crippen LogP contribution in [0.4, 0.5) is 10.1 Å². The first kappa shape index (κ1) is 12.7. The van der Waals surface area contributed by atoms with Crippen molar-refractivity contribution in [1.82, 2.24) is 5.32 Å². The molecule has 17 heavy (non-hydrogen) atoms. The molecule has 1 atom stereocenters. The van der Waals surface area contributed by atoms with Gasteiger partial charge < -0.3 is 10.6 Å². The van der Waals surface area contributed by atoms with Crippen molar-refractivity contribution < 1.29 is 4.39 Å². The van der Waals surface area contributed by atoms with E-state index in [0.29, 0.717) is 22.3 Å². The average Bonchev–Trinajstić information content (AvgIpc) is 2.54. The lowest BCUT2D eigenvalue weighted by Crippen LogP contribution is -2.31. The van der Waals surface area contributed by atoms with Gasteiger partial charge in [-0.2, -0.15) is 0 Å². The van der Waals surface area contributed by atoms with Crippen LogP contribution in [0, 0.1) is 12.7 Å². The molecule has 2 nitrogen and oxygen atoms in total. The van der Waals surface area contributed by atoms with E-state index in [-0.39, 0.29) is 11.4 Å². The van der Waals surface area contributed by atoms with Crippen molar-refractivity contribution in [1.29, 1.82) is 0 Å². The number of nitrogens with one attached hydrogen (secondary N) is 2. The Morgan fingerprint density at radius 1 is 1.47 bits per heavy atom. The maximum atomic E-state index is 13.5. The van der Waals surface area contributed by atoms with E-state index in [1.807, 2.05) is 0 Å². The van der Waals surface area contributed by atoms with Crippen LogP contribution in [-0.2, 0) is 0 Å². The Labute approximate surface area is 107 Å². The van der Waals surface area contributed by atoms with E-state index in [4.69, 9.17) is 11.6 Å². The third-order valence-corrected chi connectivity index (χ3v) is 3.50. The molecule has 1 saturated heterocycles. The van der Waals surface area contributed by atoms with E-state index in [1.54, 1.807) is 13.0 Å². The molecule has 0 amide bonds. The highest BCUT2D eigenvalue weighted by Crippen LogP contribution is 2.28. The molecular formula is C13H18ClFN2. The Balaban J connectivity index is 2.12. The van der Waals surface area contributed by atoms with Crippen molar-refractivity contribution in [3.8, 4) is 0 Å². The second-order valence-corrected chi connectivity index (χ2v) is 5.80. The highest BCUT2D eigenvalue weighted by molar-refractivity contribution is 6.33. The van der Waals surface area contributed by atoms with Gasteiger partial charge in [0, 0.05) is 18.1 Å². The van der Waals surface area contributed by atoms with Gasteiger partial charge in [0.15, 0.2) is 0 Å². The molecule has 1 aliphatic rings. The fraction of sp³-hybridized carbons (Fsp3) is 0.538. The minimum Gasteiger partial charge on any atom is -0.380 e. The Morgan fingerprint density at radius 3 is 2.76 bits per heavy atom. The van der Waals surface area contributed by atoms with E-state index in [0.717, 1.165) is 13.0 Å². The van der Waals surface area contributed by atoms with Crippen LogP contribution in [0.25, 0.3) is 0 Å². The summed E-state index contributed by atoms with van der Waals surface area (Å²) in [6.45, 7) is 6.90. The summed E-state index contributed by atoms with van der Waals surface area (Å²) in [7, 11) is 0. The first-order chi connectivity index (χ1) is 7.87. The molecule has 1 unspecified atom stereocenters. The zero-order valence-electron chi connectivity index (χ0n) is 10.4. The first-order valence-electron chi connectivity index (χ1n) is 5.84. The molecule has 1 aromatic rings. The van der Waals surface area contributed by atoms with Gasteiger partial charge in [0.05, 0.1) is 10.7 Å². The number of anilines is 1. The molecule has 2 N–H and O–H groups in total. The summed E-state index contributed by atoms with van der Waals surface area (Å²) in [6, 6.07) is 3.43. The third-order valence-electron chi connectivity index (χ3n) is 3.19. The number of hydrogen-bond donors (Lipinski definition) is 2. The average molecular weight is 257 g/mol. The SMILES string of the molecule is Cc1cc(Cl)c(NC2CNC(C)(C)C2)cc1F. The summed E-state index contributed by atoms with van der Waals surface area (Å²) in [4.78, 5) is 0. The Bertz CT molecular complexity index is 432. The summed E-state index contributed by atoms with van der Waals surface area (Å²) in [6.07, 6.45) is 0.999. The van der Waals surface area contributed by atoms with E-state index in [2.05, 4.69) is 24.5 Å². The van der Waals surface area contributed by atoms with Gasteiger partial charge >= 0.3 is 0 Å². The standard InChI is InChI=1S/C13H18ClFN2/c1-8-4-10(14)12(5-11(8)15)17-9-6-13(2,3)16-7-9/h4-5,9,16-17H,6-7H2,1-3H3. The van der Waals surface area contributed by atoms with Crippen LogP contribution < -0.4 is 10.6 Å². The molecule has 4 heteroatoms. The van der Waals surface area contributed by atoms with E-state index in [9.17, 15) is 4.39 Å². The lowest BCUT2D eigenvalue weighted by molar-refractivity contribution is 0.457. The van der Waals surface area contributed by atoms with Gasteiger partial charge in [-0.05, 0) is 44.9 Å². The number of benzene rings is 1. The fourth-order valence-corrected chi connectivity index (χ4v) is 2.51. The van der Waals surface area contributed by atoms with Crippen molar-refractivity contribution in [2.75, 3.05) is 11.9 Å². The predicted octanol–water partition coefficient (Wildman–Crippen LogP) is 3.34. The van der Waals surface area contributed by atoms with Gasteiger partial charge in [-0.15, -0.1) is 0 Å². The van der Waals surface area contributed by atoms with Crippen LogP contribution in [0.1, 0.15) is 25.8 Å². The summed E-state index contributed by atoms with van der Waals surface area (Å²) in [5.74, 6) is -0.220. The number of aryl methyl sites for hydroxylation is 1. The maximum absolute atomic E-state index is 13.5. The largest absolute Gasteiger partial charge is 0.380 e. The van der Waals surface area contributed by atoms with Crippen molar-refractivity contribution in [2.45, 2.75) is 38.8 Å². The molecule has 0 radical (unpaired) electrons. The third kappa shape index (κ3) is 2.90. The topological polar surface area (TPSA) is 24.1 Å². The Kier molecular flexibility index (Phi) is 3.32. The van der Waals surface area contributed by atoms with Gasteiger partial charge in [0.25, 0.3) is 0 Å². The Hall–Kier alpha value is -0.800. The molecule has 0 aliphatic carbocycles. The highest BCUT2D eigenvalue weighted by Gasteiger charge is 2.30. The summed E-state index contributed by atoms with van der Waals surface area (Å²) in [5.41, 5.74) is 1.39. The summed E-state index contributed by atoms with van der Waals surface area (Å²) < 4.78 is 13.5. The summed E-state index contributed by atoms with van der Waals surface area (Å²) in [5, 5.41) is 7.29. The van der Waals surface area contributed by atoms with Crippen molar-refractivity contribution in [2.24, 2.45) is 0 Å². The van der Waals surface area contributed by atoms with Gasteiger partial charge in [0.2, 0.25) is 0 Å². The van der Waals surface area contributed by atoms with Crippen LogP contribution >= 0.6 is 11.6 Å². The van der Waals surface area contributed by atoms with Crippen LogP contribution in [0.15, 0.2) is 12.1 Å². The molecule has 1 aliphatic heterocycles. The predicted molar refractivity (Wildman–Crippen MR) is 70.3 cm³/mol. The number of rotatable bonds is 2. The maximum Gasteiger partial charge on any atom is 0.128 e. The van der Waals surface area contributed by atoms with Crippen LogP contribution in [-0.4, -0.2) is 18.1 Å². The van der Waals surface area contributed by atoms with Crippen molar-refractivity contribution in [3.63, 3.8) is 0 Å². The Morgan fingerprint density at radius 2 is 2.18 bits per heavy atom. The minimum atomic E-state index is -0.220.